The lowest BCUT2D eigenvalue weighted by Gasteiger charge is -1.87. The van der Waals surface area contributed by atoms with E-state index in [1.165, 1.54) is 11.3 Å². The van der Waals surface area contributed by atoms with E-state index in [0.29, 0.717) is 10.2 Å². The maximum absolute atomic E-state index is 10.6. The number of carbonyl (C=O) groups is 1. The summed E-state index contributed by atoms with van der Waals surface area (Å²) in [6, 6.07) is 1.56. The van der Waals surface area contributed by atoms with Gasteiger partial charge in [-0.3, -0.25) is 0 Å². The van der Waals surface area contributed by atoms with Gasteiger partial charge in [0, 0.05) is 0 Å². The summed E-state index contributed by atoms with van der Waals surface area (Å²) in [5.74, 6) is 4.60. The largest absolute Gasteiger partial charge is 0.478 e. The van der Waals surface area contributed by atoms with Gasteiger partial charge in [0.1, 0.15) is 0 Å². The minimum absolute atomic E-state index is 0.286. The maximum Gasteiger partial charge on any atom is 0.337 e. The van der Waals surface area contributed by atoms with Gasteiger partial charge in [0.05, 0.1) is 15.8 Å². The van der Waals surface area contributed by atoms with E-state index in [1.54, 1.807) is 11.4 Å². The lowest BCUT2D eigenvalue weighted by Crippen LogP contribution is -1.95. The normalized spacial score (nSPS) is 8.75. The van der Waals surface area contributed by atoms with Crippen LogP contribution in [-0.4, -0.2) is 16.4 Å². The topological polar surface area (TPSA) is 37.3 Å². The molecule has 0 aliphatic rings. The van der Waals surface area contributed by atoms with E-state index in [9.17, 15) is 4.79 Å². The second-order valence-corrected chi connectivity index (χ2v) is 3.38. The molecule has 0 aliphatic heterocycles. The van der Waals surface area contributed by atoms with Crippen molar-refractivity contribution in [2.24, 2.45) is 0 Å². The molecule has 0 spiro atoms. The number of carboxylic acid groups (broad SMARTS) is 1. The van der Waals surface area contributed by atoms with Crippen molar-refractivity contribution in [1.29, 1.82) is 0 Å². The van der Waals surface area contributed by atoms with Crippen LogP contribution in [-0.2, 0) is 0 Å². The van der Waals surface area contributed by atoms with Gasteiger partial charge < -0.3 is 5.11 Å². The van der Waals surface area contributed by atoms with Crippen LogP contribution in [0.3, 0.4) is 0 Å². The fourth-order valence-corrected chi connectivity index (χ4v) is 1.58. The second kappa shape index (κ2) is 4.29. The zero-order valence-corrected chi connectivity index (χ0v) is 8.41. The first-order chi connectivity index (χ1) is 5.75. The average Bonchev–Trinajstić information content (AvgIpc) is 2.48. The number of alkyl halides is 1. The van der Waals surface area contributed by atoms with Gasteiger partial charge in [-0.2, -0.15) is 0 Å². The van der Waals surface area contributed by atoms with Crippen molar-refractivity contribution < 1.29 is 9.90 Å². The average molecular weight is 245 g/mol. The van der Waals surface area contributed by atoms with Crippen molar-refractivity contribution in [3.05, 3.63) is 21.9 Å². The highest BCUT2D eigenvalue weighted by Gasteiger charge is 2.08. The minimum Gasteiger partial charge on any atom is -0.478 e. The summed E-state index contributed by atoms with van der Waals surface area (Å²) in [5.41, 5.74) is 0.286. The van der Waals surface area contributed by atoms with Crippen LogP contribution in [0.25, 0.3) is 0 Å². The van der Waals surface area contributed by atoms with Crippen molar-refractivity contribution in [2.45, 2.75) is 0 Å². The Hall–Kier alpha value is -0.790. The van der Waals surface area contributed by atoms with Gasteiger partial charge >= 0.3 is 5.97 Å². The molecule has 12 heavy (non-hydrogen) atoms. The summed E-state index contributed by atoms with van der Waals surface area (Å²) >= 11 is 4.48. The van der Waals surface area contributed by atoms with Crippen LogP contribution in [0.4, 0.5) is 0 Å². The summed E-state index contributed by atoms with van der Waals surface area (Å²) in [5, 5.41) is 11.0. The van der Waals surface area contributed by atoms with Gasteiger partial charge in [0.25, 0.3) is 0 Å². The van der Waals surface area contributed by atoms with Gasteiger partial charge in [-0.15, -0.1) is 11.3 Å². The molecule has 0 saturated carbocycles. The van der Waals surface area contributed by atoms with Crippen molar-refractivity contribution in [3.63, 3.8) is 0 Å². The molecule has 0 fully saturated rings. The Balaban J connectivity index is 2.99. The van der Waals surface area contributed by atoms with E-state index in [2.05, 4.69) is 27.8 Å². The summed E-state index contributed by atoms with van der Waals surface area (Å²) in [6.45, 7) is 0. The Labute approximate surface area is 82.4 Å². The number of rotatable bonds is 1. The van der Waals surface area contributed by atoms with Crippen molar-refractivity contribution in [2.75, 3.05) is 5.33 Å². The first kappa shape index (κ1) is 9.30. The first-order valence-electron chi connectivity index (χ1n) is 3.11. The molecule has 1 rings (SSSR count). The van der Waals surface area contributed by atoms with Crippen LogP contribution in [0, 0.1) is 11.8 Å². The number of hydrogen-bond donors (Lipinski definition) is 1. The smallest absolute Gasteiger partial charge is 0.337 e. The van der Waals surface area contributed by atoms with Crippen LogP contribution >= 0.6 is 27.3 Å². The molecule has 0 aliphatic carbocycles. The van der Waals surface area contributed by atoms with Crippen LogP contribution in [0.5, 0.6) is 0 Å². The SMILES string of the molecule is O=C(O)c1ccsc1C#CCBr. The third kappa shape index (κ3) is 2.10. The molecule has 0 atom stereocenters. The van der Waals surface area contributed by atoms with E-state index in [1.807, 2.05) is 0 Å². The lowest BCUT2D eigenvalue weighted by molar-refractivity contribution is 0.0697. The third-order valence-corrected chi connectivity index (χ3v) is 2.27. The van der Waals surface area contributed by atoms with E-state index >= 15 is 0 Å². The molecule has 1 aromatic rings. The Morgan fingerprint density at radius 2 is 2.50 bits per heavy atom. The molecule has 0 aromatic carbocycles. The Kier molecular flexibility index (Phi) is 3.32. The number of hydrogen-bond acceptors (Lipinski definition) is 2. The maximum atomic E-state index is 10.6. The molecular weight excluding hydrogens is 240 g/mol. The molecule has 0 amide bonds. The molecule has 4 heteroatoms. The van der Waals surface area contributed by atoms with E-state index < -0.39 is 5.97 Å². The molecule has 0 bridgehead atoms. The zero-order chi connectivity index (χ0) is 8.97. The third-order valence-electron chi connectivity index (χ3n) is 1.16. The lowest BCUT2D eigenvalue weighted by atomic mass is 10.2. The fraction of sp³-hybridized carbons (Fsp3) is 0.125. The Morgan fingerprint density at radius 1 is 1.75 bits per heavy atom. The molecular formula is C8H5BrO2S. The van der Waals surface area contributed by atoms with E-state index in [4.69, 9.17) is 5.11 Å². The minimum atomic E-state index is -0.921. The highest BCUT2D eigenvalue weighted by Crippen LogP contribution is 2.14. The highest BCUT2D eigenvalue weighted by molar-refractivity contribution is 9.09. The summed E-state index contributed by atoms with van der Waals surface area (Å²) in [7, 11) is 0. The Bertz CT molecular complexity index is 345. The summed E-state index contributed by atoms with van der Waals surface area (Å²) in [6.07, 6.45) is 0. The summed E-state index contributed by atoms with van der Waals surface area (Å²) < 4.78 is 0. The van der Waals surface area contributed by atoms with Gasteiger partial charge in [-0.1, -0.05) is 27.8 Å². The summed E-state index contributed by atoms with van der Waals surface area (Å²) in [4.78, 5) is 11.2. The van der Waals surface area contributed by atoms with Crippen molar-refractivity contribution in [3.8, 4) is 11.8 Å². The molecule has 1 aromatic heterocycles. The van der Waals surface area contributed by atoms with E-state index in [0.717, 1.165) is 0 Å². The fourth-order valence-electron chi connectivity index (χ4n) is 0.688. The van der Waals surface area contributed by atoms with Gasteiger partial charge in [-0.25, -0.2) is 4.79 Å². The second-order valence-electron chi connectivity index (χ2n) is 1.90. The zero-order valence-electron chi connectivity index (χ0n) is 6.00. The van der Waals surface area contributed by atoms with Crippen LogP contribution in [0.15, 0.2) is 11.4 Å². The molecule has 0 radical (unpaired) electrons. The number of carboxylic acids is 1. The Morgan fingerprint density at radius 3 is 3.08 bits per heavy atom. The molecule has 1 N–H and O–H groups in total. The highest BCUT2D eigenvalue weighted by atomic mass is 79.9. The van der Waals surface area contributed by atoms with Crippen LogP contribution in [0.2, 0.25) is 0 Å². The molecule has 0 saturated heterocycles. The molecule has 2 nitrogen and oxygen atoms in total. The first-order valence-corrected chi connectivity index (χ1v) is 5.11. The monoisotopic (exact) mass is 244 g/mol. The van der Waals surface area contributed by atoms with Gasteiger partial charge in [0.2, 0.25) is 0 Å². The molecule has 0 unspecified atom stereocenters. The number of thiophene rings is 1. The molecule has 62 valence electrons. The standard InChI is InChI=1S/C8H5BrO2S/c9-4-1-2-7-6(8(10)11)3-5-12-7/h3,5H,4H2,(H,10,11). The predicted molar refractivity (Wildman–Crippen MR) is 52.0 cm³/mol. The van der Waals surface area contributed by atoms with Crippen LogP contribution < -0.4 is 0 Å². The van der Waals surface area contributed by atoms with Crippen LogP contribution in [0.1, 0.15) is 15.2 Å². The predicted octanol–water partition coefficient (Wildman–Crippen LogP) is 2.19. The van der Waals surface area contributed by atoms with Crippen molar-refractivity contribution in [1.82, 2.24) is 0 Å². The number of halogens is 1. The van der Waals surface area contributed by atoms with E-state index in [-0.39, 0.29) is 5.56 Å². The van der Waals surface area contributed by atoms with Gasteiger partial charge in [-0.05, 0) is 11.4 Å². The molecule has 1 heterocycles. The number of aromatic carboxylic acids is 1. The van der Waals surface area contributed by atoms with Crippen molar-refractivity contribution >= 4 is 33.2 Å². The van der Waals surface area contributed by atoms with Gasteiger partial charge in [0.15, 0.2) is 0 Å². The quantitative estimate of drug-likeness (QED) is 0.608.